The Morgan fingerprint density at radius 2 is 1.93 bits per heavy atom. The van der Waals surface area contributed by atoms with E-state index in [2.05, 4.69) is 67.1 Å². The fourth-order valence-corrected chi connectivity index (χ4v) is 3.61. The van der Waals surface area contributed by atoms with Crippen molar-refractivity contribution in [2.45, 2.75) is 33.2 Å². The van der Waals surface area contributed by atoms with Gasteiger partial charge in [-0.3, -0.25) is 4.99 Å². The van der Waals surface area contributed by atoms with Gasteiger partial charge in [0, 0.05) is 71.1 Å². The summed E-state index contributed by atoms with van der Waals surface area (Å²) in [4.78, 5) is 9.68. The molecule has 1 N–H and O–H groups in total. The summed E-state index contributed by atoms with van der Waals surface area (Å²) >= 11 is 0. The van der Waals surface area contributed by atoms with Crippen molar-refractivity contribution in [1.82, 2.24) is 25.0 Å². The molecule has 2 aromatic rings. The normalized spacial score (nSPS) is 14.9. The lowest BCUT2D eigenvalue weighted by Gasteiger charge is -2.37. The van der Waals surface area contributed by atoms with Gasteiger partial charge in [0.2, 0.25) is 0 Å². The van der Waals surface area contributed by atoms with Gasteiger partial charge in [-0.1, -0.05) is 25.1 Å². The first kappa shape index (κ1) is 22.1. The molecule has 3 rings (SSSR count). The lowest BCUT2D eigenvalue weighted by Crippen LogP contribution is -2.53. The van der Waals surface area contributed by atoms with E-state index in [9.17, 15) is 0 Å². The molecule has 8 nitrogen and oxygen atoms in total. The monoisotopic (exact) mass is 413 g/mol. The van der Waals surface area contributed by atoms with Gasteiger partial charge in [0.05, 0.1) is 0 Å². The summed E-state index contributed by atoms with van der Waals surface area (Å²) in [7, 11) is 0. The van der Waals surface area contributed by atoms with Crippen LogP contribution in [-0.4, -0.2) is 78.1 Å². The Hall–Kier alpha value is -2.61. The highest BCUT2D eigenvalue weighted by Gasteiger charge is 2.20. The fourth-order valence-electron chi connectivity index (χ4n) is 3.61. The molecule has 164 valence electrons. The van der Waals surface area contributed by atoms with Gasteiger partial charge in [-0.2, -0.15) is 0 Å². The number of guanidine groups is 1. The first-order valence-corrected chi connectivity index (χ1v) is 11.1. The van der Waals surface area contributed by atoms with Crippen LogP contribution in [0.15, 0.2) is 41.7 Å². The average molecular weight is 414 g/mol. The number of para-hydroxylation sites is 1. The molecule has 1 aliphatic rings. The number of aryl methyl sites for hydroxylation is 1. The van der Waals surface area contributed by atoms with E-state index in [0.29, 0.717) is 0 Å². The van der Waals surface area contributed by atoms with Crippen molar-refractivity contribution in [3.8, 4) is 0 Å². The molecular formula is C22H35N7O. The van der Waals surface area contributed by atoms with Crippen molar-refractivity contribution in [3.63, 3.8) is 0 Å². The van der Waals surface area contributed by atoms with E-state index < -0.39 is 0 Å². The van der Waals surface area contributed by atoms with Gasteiger partial charge in [0.15, 0.2) is 5.96 Å². The topological polar surface area (TPSA) is 70.8 Å². The molecule has 30 heavy (non-hydrogen) atoms. The summed E-state index contributed by atoms with van der Waals surface area (Å²) in [5, 5.41) is 11.7. The Morgan fingerprint density at radius 3 is 2.67 bits per heavy atom. The summed E-state index contributed by atoms with van der Waals surface area (Å²) in [6.45, 7) is 12.0. The van der Waals surface area contributed by atoms with Crippen LogP contribution in [0.4, 0.5) is 5.69 Å². The molecule has 0 amide bonds. The molecule has 2 heterocycles. The number of rotatable bonds is 10. The molecule has 1 aromatic carbocycles. The number of anilines is 1. The lowest BCUT2D eigenvalue weighted by molar-refractivity contribution is 0.146. The Morgan fingerprint density at radius 1 is 1.13 bits per heavy atom. The number of aromatic nitrogens is 3. The van der Waals surface area contributed by atoms with Crippen LogP contribution < -0.4 is 10.2 Å². The van der Waals surface area contributed by atoms with Crippen LogP contribution in [0.1, 0.15) is 26.1 Å². The maximum Gasteiger partial charge on any atom is 0.194 e. The zero-order chi connectivity index (χ0) is 21.0. The van der Waals surface area contributed by atoms with Crippen molar-refractivity contribution < 1.29 is 4.74 Å². The van der Waals surface area contributed by atoms with Crippen LogP contribution >= 0.6 is 0 Å². The maximum atomic E-state index is 5.45. The van der Waals surface area contributed by atoms with Gasteiger partial charge in [0.25, 0.3) is 0 Å². The lowest BCUT2D eigenvalue weighted by atomic mass is 10.2. The van der Waals surface area contributed by atoms with E-state index in [-0.39, 0.29) is 0 Å². The number of nitrogens with zero attached hydrogens (tertiary/aromatic N) is 6. The highest BCUT2D eigenvalue weighted by Crippen LogP contribution is 2.15. The van der Waals surface area contributed by atoms with Crippen molar-refractivity contribution >= 4 is 11.6 Å². The van der Waals surface area contributed by atoms with Crippen LogP contribution in [0.25, 0.3) is 0 Å². The number of hydrogen-bond donors (Lipinski definition) is 1. The number of piperazine rings is 1. The molecule has 0 atom stereocenters. The number of benzene rings is 1. The second-order valence-electron chi connectivity index (χ2n) is 7.29. The van der Waals surface area contributed by atoms with Crippen LogP contribution in [0.2, 0.25) is 0 Å². The van der Waals surface area contributed by atoms with E-state index in [1.54, 1.807) is 6.33 Å². The molecule has 1 aliphatic heterocycles. The number of nitrogens with one attached hydrogen (secondary N) is 1. The first-order valence-electron chi connectivity index (χ1n) is 11.1. The van der Waals surface area contributed by atoms with Gasteiger partial charge >= 0.3 is 0 Å². The van der Waals surface area contributed by atoms with Crippen LogP contribution in [0, 0.1) is 0 Å². The number of hydrogen-bond acceptors (Lipinski definition) is 5. The van der Waals surface area contributed by atoms with Crippen LogP contribution in [0.3, 0.4) is 0 Å². The molecule has 0 saturated carbocycles. The third kappa shape index (κ3) is 6.45. The quantitative estimate of drug-likeness (QED) is 0.365. The maximum absolute atomic E-state index is 5.45. The van der Waals surface area contributed by atoms with E-state index >= 15 is 0 Å². The van der Waals surface area contributed by atoms with Crippen molar-refractivity contribution in [2.24, 2.45) is 4.99 Å². The predicted octanol–water partition coefficient (Wildman–Crippen LogP) is 2.03. The van der Waals surface area contributed by atoms with Gasteiger partial charge in [-0.25, -0.2) is 0 Å². The van der Waals surface area contributed by atoms with Gasteiger partial charge in [-0.15, -0.1) is 10.2 Å². The zero-order valence-electron chi connectivity index (χ0n) is 18.3. The minimum atomic E-state index is 0.759. The van der Waals surface area contributed by atoms with E-state index in [1.165, 1.54) is 5.69 Å². The summed E-state index contributed by atoms with van der Waals surface area (Å²) in [5.41, 5.74) is 1.29. The molecule has 1 saturated heterocycles. The Balaban J connectivity index is 1.54. The van der Waals surface area contributed by atoms with Crippen LogP contribution in [-0.2, 0) is 17.7 Å². The fraction of sp³-hybridized carbons (Fsp3) is 0.591. The molecule has 0 aliphatic carbocycles. The van der Waals surface area contributed by atoms with Gasteiger partial charge in [-0.05, 0) is 25.5 Å². The Labute approximate surface area is 179 Å². The molecule has 0 bridgehead atoms. The van der Waals surface area contributed by atoms with E-state index in [1.807, 2.05) is 6.92 Å². The third-order valence-electron chi connectivity index (χ3n) is 5.26. The molecule has 8 heteroatoms. The second kappa shape index (κ2) is 12.2. The Bertz CT molecular complexity index is 754. The van der Waals surface area contributed by atoms with Crippen LogP contribution in [0.5, 0.6) is 0 Å². The Kier molecular flexibility index (Phi) is 8.96. The minimum Gasteiger partial charge on any atom is -0.382 e. The smallest absolute Gasteiger partial charge is 0.194 e. The summed E-state index contributed by atoms with van der Waals surface area (Å²) in [5.74, 6) is 2.01. The van der Waals surface area contributed by atoms with E-state index in [0.717, 1.165) is 83.7 Å². The number of ether oxygens (including phenoxy) is 1. The highest BCUT2D eigenvalue weighted by molar-refractivity contribution is 5.80. The van der Waals surface area contributed by atoms with Crippen molar-refractivity contribution in [3.05, 3.63) is 42.5 Å². The standard InChI is InChI=1S/C22H35N7O/c1-3-21-26-25-19-29(21)13-12-24-22(23-11-8-18-30-4-2)28-16-14-27(15-17-28)20-9-6-5-7-10-20/h5-7,9-10,19H,3-4,8,11-18H2,1-2H3,(H,23,24). The number of aliphatic imine (C=N–C) groups is 1. The van der Waals surface area contributed by atoms with Gasteiger partial charge in [0.1, 0.15) is 12.2 Å². The average Bonchev–Trinajstić information content (AvgIpc) is 3.26. The highest BCUT2D eigenvalue weighted by atomic mass is 16.5. The van der Waals surface area contributed by atoms with E-state index in [4.69, 9.17) is 9.73 Å². The molecular weight excluding hydrogens is 378 g/mol. The largest absolute Gasteiger partial charge is 0.382 e. The first-order chi connectivity index (χ1) is 14.8. The molecule has 1 fully saturated rings. The second-order valence-corrected chi connectivity index (χ2v) is 7.29. The summed E-state index contributed by atoms with van der Waals surface area (Å²) in [6, 6.07) is 10.6. The summed E-state index contributed by atoms with van der Waals surface area (Å²) in [6.07, 6.45) is 3.63. The zero-order valence-corrected chi connectivity index (χ0v) is 18.3. The molecule has 0 radical (unpaired) electrons. The minimum absolute atomic E-state index is 0.759. The van der Waals surface area contributed by atoms with Crippen molar-refractivity contribution in [2.75, 3.05) is 57.4 Å². The predicted molar refractivity (Wildman–Crippen MR) is 121 cm³/mol. The van der Waals surface area contributed by atoms with Crippen molar-refractivity contribution in [1.29, 1.82) is 0 Å². The van der Waals surface area contributed by atoms with Gasteiger partial charge < -0.3 is 24.4 Å². The molecule has 0 spiro atoms. The molecule has 0 unspecified atom stereocenters. The SMILES string of the molecule is CCOCCCN=C(NCCn1cnnc1CC)N1CCN(c2ccccc2)CC1. The molecule has 1 aromatic heterocycles. The summed E-state index contributed by atoms with van der Waals surface area (Å²) < 4.78 is 7.56. The third-order valence-corrected chi connectivity index (χ3v) is 5.26.